The average Bonchev–Trinajstić information content (AvgIpc) is 2.36. The lowest BCUT2D eigenvalue weighted by Gasteiger charge is -1.90. The van der Waals surface area contributed by atoms with Crippen LogP contribution in [0.2, 0.25) is 0 Å². The van der Waals surface area contributed by atoms with Gasteiger partial charge >= 0.3 is 0 Å². The molecule has 2 aromatic rings. The predicted octanol–water partition coefficient (Wildman–Crippen LogP) is 0.681. The number of aromatic nitrogens is 4. The van der Waals surface area contributed by atoms with E-state index in [1.165, 1.54) is 4.52 Å². The Kier molecular flexibility index (Phi) is 1.04. The molecule has 5 heteroatoms. The van der Waals surface area contributed by atoms with Crippen molar-refractivity contribution in [3.8, 4) is 0 Å². The van der Waals surface area contributed by atoms with Crippen LogP contribution in [0.4, 0.5) is 0 Å². The highest BCUT2D eigenvalue weighted by Gasteiger charge is 1.96. The molecule has 2 rings (SSSR count). The van der Waals surface area contributed by atoms with E-state index in [2.05, 4.69) is 15.3 Å². The number of hydrogen-bond donors (Lipinski definition) is 0. The van der Waals surface area contributed by atoms with E-state index in [0.717, 1.165) is 0 Å². The second kappa shape index (κ2) is 1.88. The first-order valence-corrected chi connectivity index (χ1v) is 3.11. The predicted molar refractivity (Wildman–Crippen MR) is 36.6 cm³/mol. The van der Waals surface area contributed by atoms with Crippen molar-refractivity contribution in [3.05, 3.63) is 18.5 Å². The molecule has 2 heterocycles. The standard InChI is InChI=1S/C5H3N4S/c10-5-1-2-6-4-3-7-8-9(4)5/h1-3H. The van der Waals surface area contributed by atoms with Gasteiger partial charge in [-0.3, -0.25) is 0 Å². The molecule has 0 aliphatic carbocycles. The fraction of sp³-hybridized carbons (Fsp3) is 0. The van der Waals surface area contributed by atoms with Crippen molar-refractivity contribution >= 4 is 18.3 Å². The molecule has 4 nitrogen and oxygen atoms in total. The summed E-state index contributed by atoms with van der Waals surface area (Å²) in [6, 6.07) is 1.71. The van der Waals surface area contributed by atoms with Crippen molar-refractivity contribution in [3.63, 3.8) is 0 Å². The summed E-state index contributed by atoms with van der Waals surface area (Å²) >= 11 is 4.93. The third-order valence-corrected chi connectivity index (χ3v) is 1.47. The van der Waals surface area contributed by atoms with E-state index in [4.69, 9.17) is 12.6 Å². The normalized spacial score (nSPS) is 10.4. The molecule has 49 valence electrons. The summed E-state index contributed by atoms with van der Waals surface area (Å²) < 4.78 is 1.51. The summed E-state index contributed by atoms with van der Waals surface area (Å²) in [7, 11) is 0. The highest BCUT2D eigenvalue weighted by molar-refractivity contribution is 7.80. The lowest BCUT2D eigenvalue weighted by atomic mass is 10.6. The molecule has 0 amide bonds. The lowest BCUT2D eigenvalue weighted by molar-refractivity contribution is 0.781. The van der Waals surface area contributed by atoms with Gasteiger partial charge in [0, 0.05) is 6.20 Å². The Hall–Kier alpha value is -1.23. The van der Waals surface area contributed by atoms with E-state index >= 15 is 0 Å². The molecule has 0 aliphatic heterocycles. The van der Waals surface area contributed by atoms with Crippen molar-refractivity contribution < 1.29 is 0 Å². The molecule has 0 bridgehead atoms. The SMILES string of the molecule is [S]c1ccnc2cnnn12. The molecule has 0 aliphatic rings. The Morgan fingerprint density at radius 3 is 3.20 bits per heavy atom. The van der Waals surface area contributed by atoms with Crippen LogP contribution in [0.3, 0.4) is 0 Å². The third-order valence-electron chi connectivity index (χ3n) is 1.16. The highest BCUT2D eigenvalue weighted by Crippen LogP contribution is 2.04. The number of hydrogen-bond acceptors (Lipinski definition) is 3. The molecule has 2 aromatic heterocycles. The number of nitrogens with zero attached hydrogens (tertiary/aromatic N) is 4. The number of rotatable bonds is 0. The Labute approximate surface area is 62.3 Å². The van der Waals surface area contributed by atoms with Crippen LogP contribution in [0, 0.1) is 0 Å². The minimum absolute atomic E-state index is 0.627. The van der Waals surface area contributed by atoms with Crippen LogP contribution < -0.4 is 0 Å². The van der Waals surface area contributed by atoms with Gasteiger partial charge in [0.25, 0.3) is 0 Å². The van der Waals surface area contributed by atoms with E-state index in [0.29, 0.717) is 10.7 Å². The quantitative estimate of drug-likeness (QED) is 0.520. The topological polar surface area (TPSA) is 43.1 Å². The summed E-state index contributed by atoms with van der Waals surface area (Å²) in [6.07, 6.45) is 3.21. The largest absolute Gasteiger partial charge is 0.236 e. The third kappa shape index (κ3) is 0.640. The summed E-state index contributed by atoms with van der Waals surface area (Å²) in [6.45, 7) is 0. The molecule has 1 radical (unpaired) electrons. The van der Waals surface area contributed by atoms with Crippen molar-refractivity contribution in [1.82, 2.24) is 19.8 Å². The van der Waals surface area contributed by atoms with Crippen LogP contribution in [0.15, 0.2) is 23.5 Å². The van der Waals surface area contributed by atoms with Gasteiger partial charge in [-0.2, -0.15) is 4.52 Å². The lowest BCUT2D eigenvalue weighted by Crippen LogP contribution is -1.90. The zero-order chi connectivity index (χ0) is 6.97. The molecule has 0 unspecified atom stereocenters. The van der Waals surface area contributed by atoms with Crippen LogP contribution in [0.25, 0.3) is 5.65 Å². The molecular formula is C5H3N4S. The van der Waals surface area contributed by atoms with Crippen molar-refractivity contribution in [2.75, 3.05) is 0 Å². The smallest absolute Gasteiger partial charge is 0.177 e. The second-order valence-corrected chi connectivity index (χ2v) is 2.21. The molecule has 0 saturated heterocycles. The van der Waals surface area contributed by atoms with Gasteiger partial charge in [-0.05, 0) is 6.07 Å². The van der Waals surface area contributed by atoms with Gasteiger partial charge in [0.2, 0.25) is 0 Å². The minimum Gasteiger partial charge on any atom is -0.236 e. The maximum atomic E-state index is 4.93. The first-order valence-electron chi connectivity index (χ1n) is 2.70. The van der Waals surface area contributed by atoms with Crippen molar-refractivity contribution in [2.45, 2.75) is 5.03 Å². The van der Waals surface area contributed by atoms with Gasteiger partial charge in [0.1, 0.15) is 5.03 Å². The molecule has 0 saturated carbocycles. The Balaban J connectivity index is 2.95. The fourth-order valence-electron chi connectivity index (χ4n) is 0.723. The Bertz CT molecular complexity index is 355. The molecule has 0 atom stereocenters. The summed E-state index contributed by atoms with van der Waals surface area (Å²) in [4.78, 5) is 3.97. The Morgan fingerprint density at radius 1 is 1.50 bits per heavy atom. The minimum atomic E-state index is 0.627. The van der Waals surface area contributed by atoms with E-state index in [9.17, 15) is 0 Å². The maximum absolute atomic E-state index is 4.93. The van der Waals surface area contributed by atoms with E-state index in [1.807, 2.05) is 0 Å². The van der Waals surface area contributed by atoms with Gasteiger partial charge in [-0.25, -0.2) is 4.98 Å². The molecule has 0 spiro atoms. The molecular weight excluding hydrogens is 148 g/mol. The van der Waals surface area contributed by atoms with Gasteiger partial charge < -0.3 is 0 Å². The van der Waals surface area contributed by atoms with Crippen LogP contribution in [-0.2, 0) is 0 Å². The molecule has 0 fully saturated rings. The summed E-state index contributed by atoms with van der Waals surface area (Å²) in [5.41, 5.74) is 0.688. The molecule has 10 heavy (non-hydrogen) atoms. The Morgan fingerprint density at radius 2 is 2.40 bits per heavy atom. The second-order valence-electron chi connectivity index (χ2n) is 1.79. The first-order chi connectivity index (χ1) is 4.88. The fourth-order valence-corrected chi connectivity index (χ4v) is 0.914. The van der Waals surface area contributed by atoms with Crippen molar-refractivity contribution in [1.29, 1.82) is 0 Å². The average molecular weight is 151 g/mol. The molecule has 0 aromatic carbocycles. The van der Waals surface area contributed by atoms with E-state index in [1.54, 1.807) is 18.5 Å². The van der Waals surface area contributed by atoms with Crippen LogP contribution >= 0.6 is 12.6 Å². The van der Waals surface area contributed by atoms with E-state index in [-0.39, 0.29) is 0 Å². The van der Waals surface area contributed by atoms with Crippen LogP contribution in [0.1, 0.15) is 0 Å². The monoisotopic (exact) mass is 151 g/mol. The van der Waals surface area contributed by atoms with Gasteiger partial charge in [0.15, 0.2) is 5.65 Å². The summed E-state index contributed by atoms with van der Waals surface area (Å²) in [5.74, 6) is 0. The van der Waals surface area contributed by atoms with Gasteiger partial charge in [0.05, 0.1) is 6.20 Å². The highest BCUT2D eigenvalue weighted by atomic mass is 32.1. The summed E-state index contributed by atoms with van der Waals surface area (Å²) in [5, 5.41) is 7.99. The van der Waals surface area contributed by atoms with Gasteiger partial charge in [-0.15, -0.1) is 5.10 Å². The van der Waals surface area contributed by atoms with E-state index < -0.39 is 0 Å². The van der Waals surface area contributed by atoms with Gasteiger partial charge in [-0.1, -0.05) is 17.8 Å². The number of fused-ring (bicyclic) bond motifs is 1. The molecule has 0 N–H and O–H groups in total. The first kappa shape index (κ1) is 5.55. The zero-order valence-electron chi connectivity index (χ0n) is 4.93. The maximum Gasteiger partial charge on any atom is 0.177 e. The van der Waals surface area contributed by atoms with Crippen molar-refractivity contribution in [2.24, 2.45) is 0 Å². The van der Waals surface area contributed by atoms with Crippen LogP contribution in [0.5, 0.6) is 0 Å². The zero-order valence-corrected chi connectivity index (χ0v) is 5.75. The van der Waals surface area contributed by atoms with Crippen LogP contribution in [-0.4, -0.2) is 19.8 Å².